The van der Waals surface area contributed by atoms with Crippen LogP contribution in [0.25, 0.3) is 0 Å². The average molecular weight is 319 g/mol. The Balaban J connectivity index is 1.96. The maximum absolute atomic E-state index is 12.0. The lowest BCUT2D eigenvalue weighted by atomic mass is 10.2. The van der Waals surface area contributed by atoms with E-state index in [0.29, 0.717) is 10.7 Å². The quantitative estimate of drug-likeness (QED) is 0.879. The Labute approximate surface area is 133 Å². The molecule has 6 heteroatoms. The fourth-order valence-corrected chi connectivity index (χ4v) is 1.83. The number of carbonyl (C=O) groups is 2. The summed E-state index contributed by atoms with van der Waals surface area (Å²) in [4.78, 5) is 27.7. The van der Waals surface area contributed by atoms with Crippen LogP contribution in [0.3, 0.4) is 0 Å². The summed E-state index contributed by atoms with van der Waals surface area (Å²) in [6.07, 6.45) is 0.449. The number of aryl methyl sites for hydroxylation is 1. The average Bonchev–Trinajstić information content (AvgIpc) is 2.49. The molecule has 1 atom stereocenters. The summed E-state index contributed by atoms with van der Waals surface area (Å²) < 4.78 is 5.08. The summed E-state index contributed by atoms with van der Waals surface area (Å²) in [6, 6.07) is 10.2. The molecule has 2 rings (SSSR count). The Kier molecular flexibility index (Phi) is 5.12. The van der Waals surface area contributed by atoms with Gasteiger partial charge < -0.3 is 10.1 Å². The highest BCUT2D eigenvalue weighted by Crippen LogP contribution is 2.12. The number of ether oxygens (including phenoxy) is 1. The number of benzene rings is 1. The van der Waals surface area contributed by atoms with E-state index < -0.39 is 18.0 Å². The second-order valence-electron chi connectivity index (χ2n) is 4.76. The number of hydrogen-bond acceptors (Lipinski definition) is 4. The van der Waals surface area contributed by atoms with E-state index in [9.17, 15) is 9.59 Å². The zero-order valence-electron chi connectivity index (χ0n) is 12.2. The van der Waals surface area contributed by atoms with Crippen LogP contribution in [0.5, 0.6) is 0 Å². The summed E-state index contributed by atoms with van der Waals surface area (Å²) >= 11 is 5.78. The van der Waals surface area contributed by atoms with Gasteiger partial charge in [0.15, 0.2) is 6.10 Å². The molecule has 22 heavy (non-hydrogen) atoms. The van der Waals surface area contributed by atoms with Gasteiger partial charge in [0.25, 0.3) is 5.91 Å². The van der Waals surface area contributed by atoms with Crippen molar-refractivity contribution in [2.45, 2.75) is 20.0 Å². The zero-order chi connectivity index (χ0) is 16.1. The Bertz CT molecular complexity index is 686. The minimum Gasteiger partial charge on any atom is -0.448 e. The maximum Gasteiger partial charge on any atom is 0.357 e. The van der Waals surface area contributed by atoms with Crippen molar-refractivity contribution >= 4 is 29.2 Å². The number of pyridine rings is 1. The van der Waals surface area contributed by atoms with Crippen molar-refractivity contribution in [3.8, 4) is 0 Å². The smallest absolute Gasteiger partial charge is 0.357 e. The third kappa shape index (κ3) is 4.30. The van der Waals surface area contributed by atoms with Crippen LogP contribution in [0, 0.1) is 6.92 Å². The van der Waals surface area contributed by atoms with Gasteiger partial charge >= 0.3 is 5.97 Å². The molecule has 1 aromatic heterocycles. The molecule has 0 aliphatic heterocycles. The minimum atomic E-state index is -0.949. The summed E-state index contributed by atoms with van der Waals surface area (Å²) in [5.74, 6) is -1.12. The summed E-state index contributed by atoms with van der Waals surface area (Å²) in [6.45, 7) is 3.44. The number of hydrogen-bond donors (Lipinski definition) is 1. The number of amides is 1. The Morgan fingerprint density at radius 2 is 1.91 bits per heavy atom. The molecule has 5 nitrogen and oxygen atoms in total. The first-order chi connectivity index (χ1) is 10.5. The highest BCUT2D eigenvalue weighted by atomic mass is 35.5. The number of carbonyl (C=O) groups excluding carboxylic acids is 2. The third-order valence-corrected chi connectivity index (χ3v) is 3.14. The van der Waals surface area contributed by atoms with Crippen molar-refractivity contribution in [2.75, 3.05) is 5.32 Å². The Hall–Kier alpha value is -2.40. The predicted octanol–water partition coefficient (Wildman–Crippen LogP) is 3.23. The highest BCUT2D eigenvalue weighted by Gasteiger charge is 2.20. The van der Waals surface area contributed by atoms with Crippen molar-refractivity contribution in [2.24, 2.45) is 0 Å². The molecule has 0 bridgehead atoms. The van der Waals surface area contributed by atoms with Gasteiger partial charge in [-0.15, -0.1) is 0 Å². The van der Waals surface area contributed by atoms with Crippen LogP contribution in [-0.4, -0.2) is 23.0 Å². The van der Waals surface area contributed by atoms with Gasteiger partial charge in [-0.2, -0.15) is 0 Å². The van der Waals surface area contributed by atoms with Gasteiger partial charge in [0.2, 0.25) is 0 Å². The number of esters is 1. The van der Waals surface area contributed by atoms with Gasteiger partial charge in [-0.3, -0.25) is 4.79 Å². The third-order valence-electron chi connectivity index (χ3n) is 2.90. The first-order valence-electron chi connectivity index (χ1n) is 6.66. The summed E-state index contributed by atoms with van der Waals surface area (Å²) in [7, 11) is 0. The van der Waals surface area contributed by atoms with Crippen LogP contribution in [0.2, 0.25) is 5.02 Å². The van der Waals surface area contributed by atoms with Crippen LogP contribution in [0.15, 0.2) is 42.6 Å². The van der Waals surface area contributed by atoms with Gasteiger partial charge in [-0.25, -0.2) is 9.78 Å². The van der Waals surface area contributed by atoms with Crippen molar-refractivity contribution in [3.63, 3.8) is 0 Å². The molecule has 114 valence electrons. The zero-order valence-corrected chi connectivity index (χ0v) is 12.9. The molecule has 0 spiro atoms. The Morgan fingerprint density at radius 3 is 2.55 bits per heavy atom. The maximum atomic E-state index is 12.0. The fourth-order valence-electron chi connectivity index (χ4n) is 1.67. The topological polar surface area (TPSA) is 68.3 Å². The Morgan fingerprint density at radius 1 is 1.23 bits per heavy atom. The van der Waals surface area contributed by atoms with Crippen molar-refractivity contribution in [3.05, 3.63) is 58.9 Å². The van der Waals surface area contributed by atoms with Crippen LogP contribution in [0.1, 0.15) is 23.0 Å². The summed E-state index contributed by atoms with van der Waals surface area (Å²) in [5.41, 5.74) is 1.78. The van der Waals surface area contributed by atoms with Gasteiger partial charge in [-0.05, 0) is 38.1 Å². The van der Waals surface area contributed by atoms with Gasteiger partial charge in [-0.1, -0.05) is 29.3 Å². The van der Waals surface area contributed by atoms with Crippen LogP contribution < -0.4 is 5.32 Å². The van der Waals surface area contributed by atoms with E-state index in [1.807, 2.05) is 19.1 Å². The molecular formula is C16H15ClN2O3. The molecule has 0 aliphatic rings. The first-order valence-corrected chi connectivity index (χ1v) is 7.03. The van der Waals surface area contributed by atoms with Crippen LogP contribution in [0.4, 0.5) is 5.69 Å². The second-order valence-corrected chi connectivity index (χ2v) is 5.20. The molecule has 2 aromatic rings. The number of nitrogens with zero attached hydrogens (tertiary/aromatic N) is 1. The molecule has 1 N–H and O–H groups in total. The lowest BCUT2D eigenvalue weighted by Crippen LogP contribution is -2.30. The number of halogens is 1. The predicted molar refractivity (Wildman–Crippen MR) is 83.9 cm³/mol. The molecule has 0 unspecified atom stereocenters. The number of rotatable bonds is 4. The number of nitrogens with one attached hydrogen (secondary N) is 1. The van der Waals surface area contributed by atoms with E-state index in [2.05, 4.69) is 10.3 Å². The van der Waals surface area contributed by atoms with Crippen LogP contribution >= 0.6 is 11.6 Å². The molecule has 0 aliphatic carbocycles. The van der Waals surface area contributed by atoms with Gasteiger partial charge in [0.1, 0.15) is 5.69 Å². The molecule has 1 aromatic carbocycles. The lowest BCUT2D eigenvalue weighted by molar-refractivity contribution is -0.123. The second kappa shape index (κ2) is 7.04. The molecule has 0 fully saturated rings. The van der Waals surface area contributed by atoms with Crippen molar-refractivity contribution in [1.29, 1.82) is 0 Å². The molecule has 1 heterocycles. The van der Waals surface area contributed by atoms with E-state index in [4.69, 9.17) is 16.3 Å². The van der Waals surface area contributed by atoms with E-state index in [0.717, 1.165) is 5.56 Å². The van der Waals surface area contributed by atoms with E-state index in [-0.39, 0.29) is 5.69 Å². The molecule has 0 radical (unpaired) electrons. The fraction of sp³-hybridized carbons (Fsp3) is 0.188. The highest BCUT2D eigenvalue weighted by molar-refractivity contribution is 6.30. The van der Waals surface area contributed by atoms with Gasteiger partial charge in [0.05, 0.1) is 0 Å². The van der Waals surface area contributed by atoms with E-state index >= 15 is 0 Å². The molecular weight excluding hydrogens is 304 g/mol. The normalized spacial score (nSPS) is 11.6. The minimum absolute atomic E-state index is 0.0579. The number of anilines is 1. The monoisotopic (exact) mass is 318 g/mol. The lowest BCUT2D eigenvalue weighted by Gasteiger charge is -2.13. The van der Waals surface area contributed by atoms with Crippen molar-refractivity contribution < 1.29 is 14.3 Å². The summed E-state index contributed by atoms with van der Waals surface area (Å²) in [5, 5.41) is 3.05. The van der Waals surface area contributed by atoms with Crippen molar-refractivity contribution in [1.82, 2.24) is 4.98 Å². The first kappa shape index (κ1) is 16.0. The molecule has 0 saturated heterocycles. The molecule has 1 amide bonds. The SMILES string of the molecule is Cc1ccc(NC(=O)[C@H](C)OC(=O)c2cc(Cl)ccn2)cc1. The van der Waals surface area contributed by atoms with E-state index in [1.165, 1.54) is 19.2 Å². The molecule has 0 saturated carbocycles. The van der Waals surface area contributed by atoms with Gasteiger partial charge in [0, 0.05) is 16.9 Å². The largest absolute Gasteiger partial charge is 0.448 e. The van der Waals surface area contributed by atoms with Crippen LogP contribution in [-0.2, 0) is 9.53 Å². The standard InChI is InChI=1S/C16H15ClN2O3/c1-10-3-5-13(6-4-10)19-15(20)11(2)22-16(21)14-9-12(17)7-8-18-14/h3-9,11H,1-2H3,(H,19,20)/t11-/m0/s1. The van der Waals surface area contributed by atoms with E-state index in [1.54, 1.807) is 18.2 Å². The number of aromatic nitrogens is 1.